The number of nitrogens with two attached hydrogens (primary N) is 1. The van der Waals surface area contributed by atoms with E-state index >= 15 is 0 Å². The lowest BCUT2D eigenvalue weighted by Gasteiger charge is -2.32. The summed E-state index contributed by atoms with van der Waals surface area (Å²) in [7, 11) is 2.15. The Labute approximate surface area is 105 Å². The fraction of sp³-hybridized carbons (Fsp3) is 0.636. The smallest absolute Gasteiger partial charge is 0.157 e. The van der Waals surface area contributed by atoms with Crippen LogP contribution in [0.4, 0.5) is 10.8 Å². The van der Waals surface area contributed by atoms with Crippen molar-refractivity contribution < 1.29 is 0 Å². The van der Waals surface area contributed by atoms with Gasteiger partial charge in [-0.15, -0.1) is 0 Å². The molecule has 2 heterocycles. The zero-order valence-electron chi connectivity index (χ0n) is 9.94. The van der Waals surface area contributed by atoms with Crippen LogP contribution in [-0.2, 0) is 0 Å². The number of likely N-dealkylation sites (N-methyl/N-ethyl adjacent to an activating group) is 1. The second-order valence-corrected chi connectivity index (χ2v) is 5.17. The predicted octanol–water partition coefficient (Wildman–Crippen LogP) is 1.49. The molecule has 0 radical (unpaired) electrons. The zero-order valence-corrected chi connectivity index (χ0v) is 10.8. The van der Waals surface area contributed by atoms with Gasteiger partial charge in [0.15, 0.2) is 5.82 Å². The van der Waals surface area contributed by atoms with E-state index in [4.69, 9.17) is 11.0 Å². The molecule has 1 aromatic rings. The Morgan fingerprint density at radius 3 is 3.18 bits per heavy atom. The fourth-order valence-electron chi connectivity index (χ4n) is 2.14. The topological polar surface area (TPSA) is 78.0 Å². The quantitative estimate of drug-likeness (QED) is 0.851. The molecule has 0 aliphatic carbocycles. The molecule has 2 rings (SSSR count). The molecule has 1 atom stereocenters. The van der Waals surface area contributed by atoms with Gasteiger partial charge in [0.05, 0.1) is 0 Å². The van der Waals surface area contributed by atoms with Gasteiger partial charge in [-0.2, -0.15) is 9.64 Å². The van der Waals surface area contributed by atoms with Crippen LogP contribution in [-0.4, -0.2) is 35.5 Å². The van der Waals surface area contributed by atoms with Gasteiger partial charge in [-0.05, 0) is 38.0 Å². The summed E-state index contributed by atoms with van der Waals surface area (Å²) in [5.74, 6) is 0.331. The number of rotatable bonds is 3. The van der Waals surface area contributed by atoms with E-state index in [1.807, 2.05) is 0 Å². The fourth-order valence-corrected chi connectivity index (χ4v) is 2.81. The number of likely N-dealkylation sites (tertiary alicyclic amines) is 1. The van der Waals surface area contributed by atoms with Gasteiger partial charge in [-0.1, -0.05) is 6.42 Å². The van der Waals surface area contributed by atoms with Crippen LogP contribution in [0.5, 0.6) is 0 Å². The monoisotopic (exact) mass is 251 g/mol. The van der Waals surface area contributed by atoms with Crippen molar-refractivity contribution in [1.29, 1.82) is 5.26 Å². The van der Waals surface area contributed by atoms with E-state index in [1.165, 1.54) is 30.8 Å². The van der Waals surface area contributed by atoms with Crippen LogP contribution in [0.25, 0.3) is 0 Å². The summed E-state index contributed by atoms with van der Waals surface area (Å²) in [4.78, 5) is 2.37. The first kappa shape index (κ1) is 12.1. The largest absolute Gasteiger partial charge is 0.382 e. The van der Waals surface area contributed by atoms with Crippen LogP contribution in [0.2, 0.25) is 0 Å². The molecule has 1 aromatic heterocycles. The zero-order chi connectivity index (χ0) is 12.3. The lowest BCUT2D eigenvalue weighted by molar-refractivity contribution is 0.195. The maximum absolute atomic E-state index is 8.96. The van der Waals surface area contributed by atoms with E-state index in [2.05, 4.69) is 27.7 Å². The van der Waals surface area contributed by atoms with Crippen molar-refractivity contribution in [1.82, 2.24) is 9.27 Å². The summed E-state index contributed by atoms with van der Waals surface area (Å²) in [6.07, 6.45) is 3.77. The number of nitrogen functional groups attached to an aromatic ring is 1. The number of nitriles is 1. The second-order valence-electron chi connectivity index (χ2n) is 4.39. The molecule has 6 heteroatoms. The normalized spacial score (nSPS) is 21.1. The average Bonchev–Trinajstić information content (AvgIpc) is 2.69. The second kappa shape index (κ2) is 5.34. The Bertz CT molecular complexity index is 422. The highest BCUT2D eigenvalue weighted by Gasteiger charge is 2.19. The number of nitrogens with zero attached hydrogens (tertiary/aromatic N) is 3. The lowest BCUT2D eigenvalue weighted by Crippen LogP contribution is -2.40. The first-order valence-corrected chi connectivity index (χ1v) is 6.59. The molecule has 1 aliphatic heterocycles. The Hall–Kier alpha value is -1.32. The molecular weight excluding hydrogens is 234 g/mol. The Morgan fingerprint density at radius 1 is 1.65 bits per heavy atom. The standard InChI is InChI=1S/C11H17N5S/c1-16-5-3-2-4-8(16)7-14-11-9(6-12)10(13)15-17-11/h8,14H,2-5,7H2,1H3,(H2,13,15). The van der Waals surface area contributed by atoms with Crippen molar-refractivity contribution in [3.05, 3.63) is 5.56 Å². The number of aromatic nitrogens is 1. The molecule has 1 aliphatic rings. The summed E-state index contributed by atoms with van der Waals surface area (Å²) >= 11 is 1.26. The van der Waals surface area contributed by atoms with Crippen molar-refractivity contribution in [2.45, 2.75) is 25.3 Å². The third-order valence-electron chi connectivity index (χ3n) is 3.25. The van der Waals surface area contributed by atoms with Crippen LogP contribution >= 0.6 is 11.5 Å². The number of hydrogen-bond acceptors (Lipinski definition) is 6. The third-order valence-corrected chi connectivity index (χ3v) is 4.07. The molecule has 92 valence electrons. The van der Waals surface area contributed by atoms with Gasteiger partial charge >= 0.3 is 0 Å². The molecule has 0 aromatic carbocycles. The minimum absolute atomic E-state index is 0.331. The van der Waals surface area contributed by atoms with Gasteiger partial charge in [0, 0.05) is 12.6 Å². The number of nitrogens with one attached hydrogen (secondary N) is 1. The average molecular weight is 251 g/mol. The van der Waals surface area contributed by atoms with Gasteiger partial charge in [-0.3, -0.25) is 0 Å². The van der Waals surface area contributed by atoms with E-state index in [9.17, 15) is 0 Å². The summed E-state index contributed by atoms with van der Waals surface area (Å²) in [5, 5.41) is 13.1. The van der Waals surface area contributed by atoms with Crippen LogP contribution in [0, 0.1) is 11.3 Å². The lowest BCUT2D eigenvalue weighted by atomic mass is 10.0. The SMILES string of the molecule is CN1CCCCC1CNc1snc(N)c1C#N. The summed E-state index contributed by atoms with van der Waals surface area (Å²) in [6.45, 7) is 2.01. The van der Waals surface area contributed by atoms with Gasteiger partial charge in [0.1, 0.15) is 16.6 Å². The Kier molecular flexibility index (Phi) is 3.82. The maximum atomic E-state index is 8.96. The van der Waals surface area contributed by atoms with Crippen molar-refractivity contribution in [2.24, 2.45) is 0 Å². The molecule has 1 unspecified atom stereocenters. The van der Waals surface area contributed by atoms with Crippen LogP contribution in [0.15, 0.2) is 0 Å². The number of anilines is 2. The van der Waals surface area contributed by atoms with Crippen LogP contribution in [0.1, 0.15) is 24.8 Å². The van der Waals surface area contributed by atoms with Gasteiger partial charge < -0.3 is 16.0 Å². The minimum atomic E-state index is 0.331. The summed E-state index contributed by atoms with van der Waals surface area (Å²) < 4.78 is 3.99. The highest BCUT2D eigenvalue weighted by molar-refractivity contribution is 7.10. The van der Waals surface area contributed by atoms with Crippen molar-refractivity contribution in [3.8, 4) is 6.07 Å². The molecule has 0 spiro atoms. The summed E-state index contributed by atoms with van der Waals surface area (Å²) in [6, 6.07) is 2.63. The molecule has 5 nitrogen and oxygen atoms in total. The van der Waals surface area contributed by atoms with E-state index in [-0.39, 0.29) is 0 Å². The Balaban J connectivity index is 1.95. The third kappa shape index (κ3) is 2.68. The first-order chi connectivity index (χ1) is 8.22. The van der Waals surface area contributed by atoms with E-state index in [1.54, 1.807) is 0 Å². The van der Waals surface area contributed by atoms with Gasteiger partial charge in [0.25, 0.3) is 0 Å². The highest BCUT2D eigenvalue weighted by Crippen LogP contribution is 2.26. The highest BCUT2D eigenvalue weighted by atomic mass is 32.1. The van der Waals surface area contributed by atoms with E-state index in [0.717, 1.165) is 18.1 Å². The molecule has 1 saturated heterocycles. The number of piperidine rings is 1. The van der Waals surface area contributed by atoms with E-state index in [0.29, 0.717) is 17.4 Å². The van der Waals surface area contributed by atoms with E-state index < -0.39 is 0 Å². The van der Waals surface area contributed by atoms with Crippen molar-refractivity contribution in [3.63, 3.8) is 0 Å². The Morgan fingerprint density at radius 2 is 2.47 bits per heavy atom. The van der Waals surface area contributed by atoms with Crippen LogP contribution in [0.3, 0.4) is 0 Å². The van der Waals surface area contributed by atoms with Gasteiger partial charge in [0.2, 0.25) is 0 Å². The number of hydrogen-bond donors (Lipinski definition) is 2. The summed E-state index contributed by atoms with van der Waals surface area (Å²) in [5.41, 5.74) is 6.09. The molecule has 0 saturated carbocycles. The molecule has 0 bridgehead atoms. The van der Waals surface area contributed by atoms with Crippen molar-refractivity contribution >= 4 is 22.4 Å². The molecule has 1 fully saturated rings. The predicted molar refractivity (Wildman–Crippen MR) is 70.0 cm³/mol. The van der Waals surface area contributed by atoms with Crippen LogP contribution < -0.4 is 11.1 Å². The maximum Gasteiger partial charge on any atom is 0.157 e. The van der Waals surface area contributed by atoms with Gasteiger partial charge in [-0.25, -0.2) is 0 Å². The van der Waals surface area contributed by atoms with Crippen molar-refractivity contribution in [2.75, 3.05) is 31.2 Å². The molecule has 0 amide bonds. The first-order valence-electron chi connectivity index (χ1n) is 5.81. The minimum Gasteiger partial charge on any atom is -0.382 e. The molecular formula is C11H17N5S. The molecule has 17 heavy (non-hydrogen) atoms. The molecule has 3 N–H and O–H groups in total.